The molecule has 0 aliphatic carbocycles. The van der Waals surface area contributed by atoms with E-state index in [0.29, 0.717) is 0 Å². The molecule has 0 unspecified atom stereocenters. The maximum atomic E-state index is 4.32. The van der Waals surface area contributed by atoms with Gasteiger partial charge in [-0.2, -0.15) is 0 Å². The van der Waals surface area contributed by atoms with Gasteiger partial charge < -0.3 is 17.3 Å². The van der Waals surface area contributed by atoms with Crippen LogP contribution in [0.5, 0.6) is 0 Å². The first kappa shape index (κ1) is 13.8. The van der Waals surface area contributed by atoms with E-state index in [9.17, 15) is 0 Å². The van der Waals surface area contributed by atoms with Gasteiger partial charge in [-0.15, -0.1) is 11.8 Å². The van der Waals surface area contributed by atoms with Crippen molar-refractivity contribution in [1.82, 2.24) is 4.98 Å². The van der Waals surface area contributed by atoms with E-state index in [1.54, 1.807) is 4.90 Å². The van der Waals surface area contributed by atoms with Crippen LogP contribution in [0.4, 0.5) is 0 Å². The van der Waals surface area contributed by atoms with Crippen molar-refractivity contribution < 1.29 is 17.3 Å². The molecule has 0 atom stereocenters. The average molecular weight is 259 g/mol. The highest BCUT2D eigenvalue weighted by Gasteiger charge is 2.12. The maximum absolute atomic E-state index is 4.32. The smallest absolute Gasteiger partial charge is 0.0961 e. The number of nitrogens with zero attached hydrogens (tertiary/aromatic N) is 1. The number of nitrogens with one attached hydrogen (secondary N) is 1. The van der Waals surface area contributed by atoms with Gasteiger partial charge in [0.2, 0.25) is 0 Å². The minimum absolute atomic E-state index is 0. The van der Waals surface area contributed by atoms with E-state index in [-0.39, 0.29) is 12.4 Å². The molecule has 1 N–H and O–H groups in total. The Labute approximate surface area is 108 Å². The number of thioether (sulfide) groups is 1. The van der Waals surface area contributed by atoms with E-state index >= 15 is 0 Å². The summed E-state index contributed by atoms with van der Waals surface area (Å²) < 4.78 is 0. The Bertz CT molecular complexity index is 276. The zero-order valence-electron chi connectivity index (χ0n) is 9.49. The van der Waals surface area contributed by atoms with Crippen LogP contribution in [0.2, 0.25) is 0 Å². The fourth-order valence-corrected chi connectivity index (χ4v) is 2.94. The van der Waals surface area contributed by atoms with Gasteiger partial charge in [0, 0.05) is 11.9 Å². The lowest BCUT2D eigenvalue weighted by Gasteiger charge is -2.23. The van der Waals surface area contributed by atoms with E-state index in [2.05, 4.69) is 17.1 Å². The van der Waals surface area contributed by atoms with E-state index in [1.165, 1.54) is 44.6 Å². The molecule has 0 radical (unpaired) electrons. The van der Waals surface area contributed by atoms with Crippen LogP contribution in [0, 0.1) is 0 Å². The van der Waals surface area contributed by atoms with Crippen LogP contribution < -0.4 is 17.3 Å². The molecule has 0 bridgehead atoms. The van der Waals surface area contributed by atoms with Gasteiger partial charge in [-0.1, -0.05) is 6.07 Å². The Hall–Kier alpha value is -0.250. The zero-order chi connectivity index (χ0) is 10.3. The van der Waals surface area contributed by atoms with Gasteiger partial charge in [0.05, 0.1) is 24.7 Å². The van der Waals surface area contributed by atoms with Crippen LogP contribution in [0.1, 0.15) is 19.3 Å². The summed E-state index contributed by atoms with van der Waals surface area (Å²) >= 11 is 1.88. The fourth-order valence-electron chi connectivity index (χ4n) is 2.03. The molecule has 0 amide bonds. The number of hydrogen-bond acceptors (Lipinski definition) is 2. The number of rotatable bonds is 4. The lowest BCUT2D eigenvalue weighted by Crippen LogP contribution is -3.13. The molecule has 1 aromatic heterocycles. The van der Waals surface area contributed by atoms with Crippen molar-refractivity contribution in [2.24, 2.45) is 0 Å². The van der Waals surface area contributed by atoms with Gasteiger partial charge in [0.25, 0.3) is 0 Å². The molecule has 2 nitrogen and oxygen atoms in total. The van der Waals surface area contributed by atoms with Crippen LogP contribution in [0.25, 0.3) is 0 Å². The van der Waals surface area contributed by atoms with Crippen LogP contribution in [-0.4, -0.2) is 30.4 Å². The Morgan fingerprint density at radius 2 is 2.00 bits per heavy atom. The average Bonchev–Trinajstić information content (AvgIpc) is 2.32. The second-order valence-electron chi connectivity index (χ2n) is 4.08. The number of pyridine rings is 1. The summed E-state index contributed by atoms with van der Waals surface area (Å²) in [6.45, 7) is 4.05. The minimum atomic E-state index is 0. The lowest BCUT2D eigenvalue weighted by molar-refractivity contribution is -0.902. The highest BCUT2D eigenvalue weighted by molar-refractivity contribution is 7.99. The largest absolute Gasteiger partial charge is 1.00 e. The predicted molar refractivity (Wildman–Crippen MR) is 64.4 cm³/mol. The molecule has 1 aromatic rings. The predicted octanol–water partition coefficient (Wildman–Crippen LogP) is -1.75. The highest BCUT2D eigenvalue weighted by atomic mass is 35.5. The number of aromatic nitrogens is 1. The SMILES string of the molecule is [Cl-].c1ccc(SCC[NH+]2CCCCC2)nc1. The molecule has 1 saturated heterocycles. The summed E-state index contributed by atoms with van der Waals surface area (Å²) in [5, 5.41) is 1.16. The van der Waals surface area contributed by atoms with Crippen molar-refractivity contribution in [2.75, 3.05) is 25.4 Å². The first-order valence-corrected chi connectivity index (χ1v) is 6.81. The molecule has 1 aliphatic heterocycles. The summed E-state index contributed by atoms with van der Waals surface area (Å²) in [6.07, 6.45) is 6.15. The summed E-state index contributed by atoms with van der Waals surface area (Å²) in [6, 6.07) is 6.12. The van der Waals surface area contributed by atoms with Gasteiger partial charge in [0.1, 0.15) is 0 Å². The first-order valence-electron chi connectivity index (χ1n) is 5.82. The summed E-state index contributed by atoms with van der Waals surface area (Å²) in [5.74, 6) is 1.20. The summed E-state index contributed by atoms with van der Waals surface area (Å²) in [4.78, 5) is 6.10. The molecule has 16 heavy (non-hydrogen) atoms. The highest BCUT2D eigenvalue weighted by Crippen LogP contribution is 2.12. The Morgan fingerprint density at radius 1 is 1.19 bits per heavy atom. The zero-order valence-corrected chi connectivity index (χ0v) is 11.1. The molecule has 2 heterocycles. The van der Waals surface area contributed by atoms with Crippen LogP contribution >= 0.6 is 11.8 Å². The molecule has 0 spiro atoms. The van der Waals surface area contributed by atoms with Gasteiger partial charge in [-0.05, 0) is 31.4 Å². The first-order chi connectivity index (χ1) is 7.45. The summed E-state index contributed by atoms with van der Waals surface area (Å²) in [5.41, 5.74) is 0. The van der Waals surface area contributed by atoms with Gasteiger partial charge in [-0.25, -0.2) is 4.98 Å². The van der Waals surface area contributed by atoms with Crippen molar-refractivity contribution in [3.63, 3.8) is 0 Å². The molecule has 0 saturated carbocycles. The standard InChI is InChI=1S/C12H18N2S.ClH/c1-4-8-14(9-5-1)10-11-15-12-6-2-3-7-13-12;/h2-3,6-7H,1,4-5,8-11H2;1H. The van der Waals surface area contributed by atoms with E-state index in [0.717, 1.165) is 5.03 Å². The molecule has 0 aromatic carbocycles. The van der Waals surface area contributed by atoms with E-state index < -0.39 is 0 Å². The van der Waals surface area contributed by atoms with Crippen LogP contribution in [0.15, 0.2) is 29.4 Å². The molecule has 4 heteroatoms. The van der Waals surface area contributed by atoms with Crippen LogP contribution in [0.3, 0.4) is 0 Å². The number of piperidine rings is 1. The monoisotopic (exact) mass is 258 g/mol. The fraction of sp³-hybridized carbons (Fsp3) is 0.583. The Morgan fingerprint density at radius 3 is 2.69 bits per heavy atom. The number of quaternary nitrogens is 1. The van der Waals surface area contributed by atoms with Crippen LogP contribution in [-0.2, 0) is 0 Å². The number of likely N-dealkylation sites (tertiary alicyclic amines) is 1. The van der Waals surface area contributed by atoms with Crippen molar-refractivity contribution in [1.29, 1.82) is 0 Å². The van der Waals surface area contributed by atoms with Crippen molar-refractivity contribution in [2.45, 2.75) is 24.3 Å². The third-order valence-corrected chi connectivity index (χ3v) is 3.85. The van der Waals surface area contributed by atoms with Gasteiger partial charge >= 0.3 is 0 Å². The molecular formula is C12H19ClN2S. The van der Waals surface area contributed by atoms with E-state index in [4.69, 9.17) is 0 Å². The molecule has 1 aliphatic rings. The Kier molecular flexibility index (Phi) is 6.85. The third-order valence-electron chi connectivity index (χ3n) is 2.90. The maximum Gasteiger partial charge on any atom is 0.0961 e. The topological polar surface area (TPSA) is 17.3 Å². The Balaban J connectivity index is 0.00000128. The molecular weight excluding hydrogens is 240 g/mol. The van der Waals surface area contributed by atoms with E-state index in [1.807, 2.05) is 24.0 Å². The normalized spacial score (nSPS) is 16.8. The third kappa shape index (κ3) is 4.73. The molecule has 1 fully saturated rings. The molecule has 2 rings (SSSR count). The van der Waals surface area contributed by atoms with Gasteiger partial charge in [-0.3, -0.25) is 0 Å². The second-order valence-corrected chi connectivity index (χ2v) is 5.19. The number of hydrogen-bond donors (Lipinski definition) is 1. The van der Waals surface area contributed by atoms with Gasteiger partial charge in [0.15, 0.2) is 0 Å². The quantitative estimate of drug-likeness (QED) is 0.646. The molecule has 90 valence electrons. The second kappa shape index (κ2) is 7.93. The number of halogens is 1. The minimum Gasteiger partial charge on any atom is -1.00 e. The van der Waals surface area contributed by atoms with Crippen molar-refractivity contribution >= 4 is 11.8 Å². The van der Waals surface area contributed by atoms with Crippen molar-refractivity contribution in [3.05, 3.63) is 24.4 Å². The summed E-state index contributed by atoms with van der Waals surface area (Å²) in [7, 11) is 0. The van der Waals surface area contributed by atoms with Crippen molar-refractivity contribution in [3.8, 4) is 0 Å². The lowest BCUT2D eigenvalue weighted by atomic mass is 10.1.